The van der Waals surface area contributed by atoms with Crippen molar-refractivity contribution in [1.82, 2.24) is 0 Å². The average molecular weight is 196 g/mol. The van der Waals surface area contributed by atoms with Gasteiger partial charge in [-0.25, -0.2) is 0 Å². The minimum atomic E-state index is 0.0664. The maximum absolute atomic E-state index is 4.20. The fraction of sp³-hybridized carbons (Fsp3) is 0.231. The molecule has 0 spiro atoms. The van der Waals surface area contributed by atoms with E-state index in [1.807, 2.05) is 19.1 Å². The Kier molecular flexibility index (Phi) is 3.28. The predicted octanol–water partition coefficient (Wildman–Crippen LogP) is 1.94. The third-order valence-corrected chi connectivity index (χ3v) is 3.37. The van der Waals surface area contributed by atoms with Gasteiger partial charge < -0.3 is 0 Å². The Hall–Kier alpha value is -1.17. The van der Waals surface area contributed by atoms with E-state index in [1.165, 1.54) is 22.3 Å². The maximum atomic E-state index is 4.20. The van der Waals surface area contributed by atoms with Crippen LogP contribution in [0.1, 0.15) is 13.8 Å². The summed E-state index contributed by atoms with van der Waals surface area (Å²) >= 11 is 0. The highest BCUT2D eigenvalue weighted by Gasteiger charge is 2.34. The van der Waals surface area contributed by atoms with Gasteiger partial charge >= 0.3 is 0 Å². The highest BCUT2D eigenvalue weighted by atomic mass is 14.3. The van der Waals surface area contributed by atoms with Crippen LogP contribution in [0.25, 0.3) is 0 Å². The summed E-state index contributed by atoms with van der Waals surface area (Å²) < 4.78 is 0. The molecule has 0 aromatic rings. The van der Waals surface area contributed by atoms with Crippen molar-refractivity contribution in [3.63, 3.8) is 0 Å². The molecule has 0 amide bonds. The Morgan fingerprint density at radius 1 is 1.33 bits per heavy atom. The Labute approximate surface area is 95.0 Å². The van der Waals surface area contributed by atoms with Gasteiger partial charge in [0, 0.05) is 0 Å². The molecule has 1 aliphatic carbocycles. The molecule has 0 atom stereocenters. The van der Waals surface area contributed by atoms with Gasteiger partial charge in [-0.15, -0.1) is 0 Å². The van der Waals surface area contributed by atoms with Gasteiger partial charge in [0.05, 0.1) is 0 Å². The van der Waals surface area contributed by atoms with Crippen molar-refractivity contribution < 1.29 is 0 Å². The van der Waals surface area contributed by atoms with Gasteiger partial charge in [0.2, 0.25) is 0 Å². The van der Waals surface area contributed by atoms with Crippen molar-refractivity contribution in [3.05, 3.63) is 59.8 Å². The van der Waals surface area contributed by atoms with E-state index in [1.54, 1.807) is 0 Å². The molecule has 0 aliphatic heterocycles. The van der Waals surface area contributed by atoms with Gasteiger partial charge in [-0.3, -0.25) is 0 Å². The molecule has 2 heteroatoms. The highest BCUT2D eigenvalue weighted by molar-refractivity contribution is 6.45. The fourth-order valence-electron chi connectivity index (χ4n) is 1.91. The topological polar surface area (TPSA) is 0 Å². The summed E-state index contributed by atoms with van der Waals surface area (Å²) in [7, 11) is 4.43. The lowest BCUT2D eigenvalue weighted by Crippen LogP contribution is -2.12. The van der Waals surface area contributed by atoms with Crippen molar-refractivity contribution in [3.8, 4) is 0 Å². The van der Waals surface area contributed by atoms with E-state index in [2.05, 4.69) is 47.9 Å². The molecule has 0 N–H and O–H groups in total. The van der Waals surface area contributed by atoms with Crippen molar-refractivity contribution in [2.45, 2.75) is 19.1 Å². The standard InChI is InChI=1S/C13H18B2/c1-5-7-8-12-10(4)13(14,15)9(3)11(12)6-2/h5-8H,2,4,14-15H2,1,3H3/b7-5-,12-8+. The smallest absolute Gasteiger partial charge is 0.0985 e. The summed E-state index contributed by atoms with van der Waals surface area (Å²) in [6.07, 6.45) is 8.14. The lowest BCUT2D eigenvalue weighted by atomic mass is 9.49. The molecule has 0 nitrogen and oxygen atoms in total. The molecule has 0 saturated heterocycles. The molecule has 0 fully saturated rings. The van der Waals surface area contributed by atoms with Crippen molar-refractivity contribution in [1.29, 1.82) is 0 Å². The first-order valence-electron chi connectivity index (χ1n) is 5.33. The van der Waals surface area contributed by atoms with E-state index in [-0.39, 0.29) is 5.21 Å². The average Bonchev–Trinajstić information content (AvgIpc) is 2.36. The molecule has 1 aliphatic rings. The van der Waals surface area contributed by atoms with Gasteiger partial charge in [0.1, 0.15) is 15.7 Å². The first kappa shape index (κ1) is 11.9. The number of rotatable bonds is 2. The highest BCUT2D eigenvalue weighted by Crippen LogP contribution is 2.50. The molecular formula is C13H18B2. The van der Waals surface area contributed by atoms with E-state index in [9.17, 15) is 0 Å². The van der Waals surface area contributed by atoms with E-state index >= 15 is 0 Å². The molecule has 1 rings (SSSR count). The zero-order chi connectivity index (χ0) is 11.6. The molecular weight excluding hydrogens is 178 g/mol. The minimum Gasteiger partial charge on any atom is -0.0985 e. The van der Waals surface area contributed by atoms with Crippen molar-refractivity contribution >= 4 is 15.7 Å². The van der Waals surface area contributed by atoms with Crippen LogP contribution in [-0.4, -0.2) is 15.7 Å². The summed E-state index contributed by atoms with van der Waals surface area (Å²) in [5, 5.41) is 0.0664. The van der Waals surface area contributed by atoms with Crippen LogP contribution in [0.5, 0.6) is 0 Å². The van der Waals surface area contributed by atoms with Crippen LogP contribution in [0.3, 0.4) is 0 Å². The number of hydrogen-bond donors (Lipinski definition) is 0. The maximum Gasteiger partial charge on any atom is 0.110 e. The lowest BCUT2D eigenvalue weighted by molar-refractivity contribution is 1.09. The number of allylic oxidation sites excluding steroid dienone is 8. The molecule has 0 radical (unpaired) electrons. The van der Waals surface area contributed by atoms with Crippen LogP contribution in [0.2, 0.25) is 5.21 Å². The Balaban J connectivity index is 3.34. The van der Waals surface area contributed by atoms with Gasteiger partial charge in [-0.05, 0) is 30.2 Å². The second-order valence-corrected chi connectivity index (χ2v) is 4.45. The molecule has 76 valence electrons. The molecule has 0 aromatic carbocycles. The Morgan fingerprint density at radius 3 is 2.40 bits per heavy atom. The largest absolute Gasteiger partial charge is 0.110 e. The van der Waals surface area contributed by atoms with Crippen molar-refractivity contribution in [2.24, 2.45) is 0 Å². The minimum absolute atomic E-state index is 0.0664. The molecule has 15 heavy (non-hydrogen) atoms. The summed E-state index contributed by atoms with van der Waals surface area (Å²) in [6.45, 7) is 12.3. The van der Waals surface area contributed by atoms with E-state index < -0.39 is 0 Å². The lowest BCUT2D eigenvalue weighted by Gasteiger charge is -2.21. The van der Waals surface area contributed by atoms with E-state index in [4.69, 9.17) is 0 Å². The molecule has 0 heterocycles. The van der Waals surface area contributed by atoms with Crippen molar-refractivity contribution in [2.75, 3.05) is 0 Å². The fourth-order valence-corrected chi connectivity index (χ4v) is 1.91. The van der Waals surface area contributed by atoms with Gasteiger partial charge in [-0.1, -0.05) is 48.6 Å². The second-order valence-electron chi connectivity index (χ2n) is 4.45. The second kappa shape index (κ2) is 4.14. The van der Waals surface area contributed by atoms with Gasteiger partial charge in [0.25, 0.3) is 0 Å². The summed E-state index contributed by atoms with van der Waals surface area (Å²) in [6, 6.07) is 0. The Morgan fingerprint density at radius 2 is 1.93 bits per heavy atom. The molecule has 0 saturated carbocycles. The zero-order valence-corrected chi connectivity index (χ0v) is 10.2. The van der Waals surface area contributed by atoms with E-state index in [0.717, 1.165) is 0 Å². The monoisotopic (exact) mass is 196 g/mol. The molecule has 0 aromatic heterocycles. The van der Waals surface area contributed by atoms with E-state index in [0.29, 0.717) is 0 Å². The quantitative estimate of drug-likeness (QED) is 0.592. The zero-order valence-electron chi connectivity index (χ0n) is 10.2. The van der Waals surface area contributed by atoms with Gasteiger partial charge in [-0.2, -0.15) is 0 Å². The van der Waals surface area contributed by atoms with Crippen LogP contribution in [-0.2, 0) is 0 Å². The molecule has 0 bridgehead atoms. The van der Waals surface area contributed by atoms with Crippen LogP contribution in [0, 0.1) is 0 Å². The first-order valence-corrected chi connectivity index (χ1v) is 5.33. The summed E-state index contributed by atoms with van der Waals surface area (Å²) in [4.78, 5) is 0. The first-order chi connectivity index (χ1) is 6.96. The van der Waals surface area contributed by atoms with Crippen LogP contribution in [0.15, 0.2) is 59.8 Å². The Bertz CT molecular complexity index is 393. The molecule has 0 unspecified atom stereocenters. The normalized spacial score (nSPS) is 23.1. The summed E-state index contributed by atoms with van der Waals surface area (Å²) in [5.74, 6) is 0. The summed E-state index contributed by atoms with van der Waals surface area (Å²) in [5.41, 5.74) is 5.01. The van der Waals surface area contributed by atoms with Gasteiger partial charge in [0.15, 0.2) is 0 Å². The third-order valence-electron chi connectivity index (χ3n) is 3.37. The van der Waals surface area contributed by atoms with Crippen LogP contribution >= 0.6 is 0 Å². The SMILES string of the molecule is BC1(B)C(=C)/C(=C\C=C/C)C(C=C)=C1C. The predicted molar refractivity (Wildman–Crippen MR) is 74.7 cm³/mol. The number of hydrogen-bond acceptors (Lipinski definition) is 0. The van der Waals surface area contributed by atoms with Crippen LogP contribution in [0.4, 0.5) is 0 Å². The van der Waals surface area contributed by atoms with Crippen LogP contribution < -0.4 is 0 Å². The third kappa shape index (κ3) is 1.81.